The zero-order valence-corrected chi connectivity index (χ0v) is 23.5. The van der Waals surface area contributed by atoms with E-state index in [1.165, 1.54) is 28.8 Å². The van der Waals surface area contributed by atoms with Crippen LogP contribution in [0.2, 0.25) is 0 Å². The third-order valence-corrected chi connectivity index (χ3v) is 4.22. The zero-order chi connectivity index (χ0) is 26.9. The standard InChI is InChI=1S/C10H12.C10H16.C7H7F.C4H8.C2H6/c1-8(2)10-6-4-9(3)5-7-10;1-5-10(6-2)8-7-9(3)4;1-6-3-2-4-7(8)5-6;1-3-4-2;1-2/h4-7H,1H2,2-3H3;5,7-8H,3,6H2,1-2,4H3;2-5H,1H3;3-4H,1-2H3;1-2H3/b;8-7-,10-5-;;4-3-;. The van der Waals surface area contributed by atoms with Gasteiger partial charge < -0.3 is 0 Å². The van der Waals surface area contributed by atoms with E-state index < -0.39 is 0 Å². The predicted molar refractivity (Wildman–Crippen MR) is 157 cm³/mol. The van der Waals surface area contributed by atoms with Crippen molar-refractivity contribution in [1.29, 1.82) is 0 Å². The number of benzene rings is 2. The monoisotopic (exact) mass is 464 g/mol. The highest BCUT2D eigenvalue weighted by Crippen LogP contribution is 2.11. The summed E-state index contributed by atoms with van der Waals surface area (Å²) in [6, 6.07) is 14.9. The first-order valence-electron chi connectivity index (χ1n) is 12.1. The summed E-state index contributed by atoms with van der Waals surface area (Å²) >= 11 is 0. The zero-order valence-electron chi connectivity index (χ0n) is 23.5. The van der Waals surface area contributed by atoms with Gasteiger partial charge in [-0.25, -0.2) is 4.39 Å². The molecule has 34 heavy (non-hydrogen) atoms. The van der Waals surface area contributed by atoms with Gasteiger partial charge in [0.05, 0.1) is 0 Å². The third kappa shape index (κ3) is 23.7. The molecule has 0 saturated carbocycles. The van der Waals surface area contributed by atoms with Crippen LogP contribution in [-0.4, -0.2) is 0 Å². The highest BCUT2D eigenvalue weighted by molar-refractivity contribution is 5.61. The molecule has 0 nitrogen and oxygen atoms in total. The van der Waals surface area contributed by atoms with Crippen molar-refractivity contribution in [2.24, 2.45) is 0 Å². The van der Waals surface area contributed by atoms with Gasteiger partial charge in [0.15, 0.2) is 0 Å². The SMILES string of the molecule is C/C=C\C.C=C(C)/C=C\C(=C/C)CC.C=C(C)c1ccc(C)cc1.CC.Cc1cccc(F)c1. The molecule has 0 aliphatic carbocycles. The van der Waals surface area contributed by atoms with E-state index in [1.807, 2.05) is 72.8 Å². The predicted octanol–water partition coefficient (Wildman–Crippen LogP) is 11.2. The Balaban J connectivity index is -0.000000381. The Morgan fingerprint density at radius 2 is 1.35 bits per heavy atom. The molecule has 2 rings (SSSR count). The highest BCUT2D eigenvalue weighted by Gasteiger charge is 1.89. The Morgan fingerprint density at radius 3 is 1.65 bits per heavy atom. The Labute approximate surface area is 211 Å². The van der Waals surface area contributed by atoms with Crippen LogP contribution in [0.1, 0.15) is 78.5 Å². The Hall–Kier alpha value is -2.93. The van der Waals surface area contributed by atoms with Crippen LogP contribution >= 0.6 is 0 Å². The maximum atomic E-state index is 12.2. The number of allylic oxidation sites excluding steroid dienone is 8. The molecule has 0 bridgehead atoms. The molecule has 0 saturated heterocycles. The van der Waals surface area contributed by atoms with E-state index in [-0.39, 0.29) is 5.82 Å². The maximum Gasteiger partial charge on any atom is 0.123 e. The fourth-order valence-corrected chi connectivity index (χ4v) is 2.11. The molecule has 0 aromatic heterocycles. The number of aryl methyl sites for hydroxylation is 2. The lowest BCUT2D eigenvalue weighted by atomic mass is 10.1. The van der Waals surface area contributed by atoms with Crippen molar-refractivity contribution in [2.75, 3.05) is 0 Å². The van der Waals surface area contributed by atoms with Gasteiger partial charge in [0, 0.05) is 0 Å². The van der Waals surface area contributed by atoms with Crippen molar-refractivity contribution in [3.63, 3.8) is 0 Å². The molecule has 0 unspecified atom stereocenters. The maximum absolute atomic E-state index is 12.2. The summed E-state index contributed by atoms with van der Waals surface area (Å²) in [4.78, 5) is 0. The van der Waals surface area contributed by atoms with Gasteiger partial charge in [0.2, 0.25) is 0 Å². The molecular weight excluding hydrogens is 415 g/mol. The van der Waals surface area contributed by atoms with Gasteiger partial charge in [-0.3, -0.25) is 0 Å². The van der Waals surface area contributed by atoms with Gasteiger partial charge >= 0.3 is 0 Å². The van der Waals surface area contributed by atoms with Crippen molar-refractivity contribution < 1.29 is 4.39 Å². The first kappa shape index (κ1) is 35.7. The number of halogens is 1. The number of rotatable bonds is 4. The molecule has 1 heteroatoms. The summed E-state index contributed by atoms with van der Waals surface area (Å²) < 4.78 is 12.2. The first-order valence-corrected chi connectivity index (χ1v) is 12.1. The third-order valence-electron chi connectivity index (χ3n) is 4.22. The smallest absolute Gasteiger partial charge is 0.123 e. The van der Waals surface area contributed by atoms with E-state index >= 15 is 0 Å². The van der Waals surface area contributed by atoms with E-state index in [9.17, 15) is 4.39 Å². The second kappa shape index (κ2) is 24.7. The fraction of sp³-hybridized carbons (Fsp3) is 0.333. The van der Waals surface area contributed by atoms with Gasteiger partial charge in [-0.1, -0.05) is 123 Å². The Bertz CT molecular complexity index is 840. The van der Waals surface area contributed by atoms with Gasteiger partial charge in [0.1, 0.15) is 5.82 Å². The van der Waals surface area contributed by atoms with Crippen molar-refractivity contribution in [2.45, 2.75) is 75.7 Å². The molecule has 0 aliphatic rings. The van der Waals surface area contributed by atoms with Crippen molar-refractivity contribution in [3.8, 4) is 0 Å². The number of hydrogen-bond donors (Lipinski definition) is 0. The minimum atomic E-state index is -0.162. The number of hydrogen-bond acceptors (Lipinski definition) is 0. The van der Waals surface area contributed by atoms with Crippen LogP contribution in [0.5, 0.6) is 0 Å². The second-order valence-electron chi connectivity index (χ2n) is 7.51. The van der Waals surface area contributed by atoms with Gasteiger partial charge in [-0.2, -0.15) is 0 Å². The summed E-state index contributed by atoms with van der Waals surface area (Å²) in [5, 5.41) is 0. The molecule has 0 atom stereocenters. The van der Waals surface area contributed by atoms with E-state index in [0.29, 0.717) is 0 Å². The molecule has 0 heterocycles. The lowest BCUT2D eigenvalue weighted by molar-refractivity contribution is 0.626. The second-order valence-corrected chi connectivity index (χ2v) is 7.51. The molecule has 0 N–H and O–H groups in total. The topological polar surface area (TPSA) is 0 Å². The largest absolute Gasteiger partial charge is 0.207 e. The Kier molecular flexibility index (Phi) is 25.9. The minimum absolute atomic E-state index is 0.162. The molecule has 2 aromatic rings. The van der Waals surface area contributed by atoms with Crippen LogP contribution in [0, 0.1) is 19.7 Å². The molecular formula is C33H49F. The lowest BCUT2D eigenvalue weighted by Crippen LogP contribution is -1.76. The summed E-state index contributed by atoms with van der Waals surface area (Å²) in [6.45, 7) is 27.8. The normalized spacial score (nSPS) is 9.91. The van der Waals surface area contributed by atoms with Crippen LogP contribution in [0.3, 0.4) is 0 Å². The summed E-state index contributed by atoms with van der Waals surface area (Å²) in [6.07, 6.45) is 11.4. The summed E-state index contributed by atoms with van der Waals surface area (Å²) in [5.41, 5.74) is 7.08. The quantitative estimate of drug-likeness (QED) is 0.312. The first-order chi connectivity index (χ1) is 16.1. The minimum Gasteiger partial charge on any atom is -0.207 e. The molecule has 2 aromatic carbocycles. The van der Waals surface area contributed by atoms with Gasteiger partial charge in [-0.15, -0.1) is 0 Å². The van der Waals surface area contributed by atoms with Crippen molar-refractivity contribution in [1.82, 2.24) is 0 Å². The Morgan fingerprint density at radius 1 is 0.824 bits per heavy atom. The van der Waals surface area contributed by atoms with E-state index in [4.69, 9.17) is 0 Å². The van der Waals surface area contributed by atoms with Crippen molar-refractivity contribution >= 4 is 5.57 Å². The fourth-order valence-electron chi connectivity index (χ4n) is 2.11. The van der Waals surface area contributed by atoms with Crippen LogP contribution in [0.15, 0.2) is 103 Å². The van der Waals surface area contributed by atoms with Crippen LogP contribution in [0.25, 0.3) is 5.57 Å². The van der Waals surface area contributed by atoms with E-state index in [1.54, 1.807) is 6.07 Å². The van der Waals surface area contributed by atoms with E-state index in [2.05, 4.69) is 70.3 Å². The van der Waals surface area contributed by atoms with Gasteiger partial charge in [-0.05, 0) is 78.1 Å². The van der Waals surface area contributed by atoms with Crippen LogP contribution in [0.4, 0.5) is 4.39 Å². The molecule has 0 spiro atoms. The average molecular weight is 465 g/mol. The van der Waals surface area contributed by atoms with Gasteiger partial charge in [0.25, 0.3) is 0 Å². The summed E-state index contributed by atoms with van der Waals surface area (Å²) in [5.74, 6) is -0.162. The average Bonchev–Trinajstić information content (AvgIpc) is 2.82. The highest BCUT2D eigenvalue weighted by atomic mass is 19.1. The van der Waals surface area contributed by atoms with Crippen molar-refractivity contribution in [3.05, 3.63) is 126 Å². The molecule has 0 amide bonds. The van der Waals surface area contributed by atoms with E-state index in [0.717, 1.165) is 23.1 Å². The molecule has 0 aliphatic heterocycles. The summed E-state index contributed by atoms with van der Waals surface area (Å²) in [7, 11) is 0. The van der Waals surface area contributed by atoms with Crippen LogP contribution < -0.4 is 0 Å². The molecule has 0 radical (unpaired) electrons. The van der Waals surface area contributed by atoms with Crippen LogP contribution in [-0.2, 0) is 0 Å². The molecule has 188 valence electrons. The lowest BCUT2D eigenvalue weighted by Gasteiger charge is -1.98. The molecule has 0 fully saturated rings.